The number of ether oxygens (including phenoxy) is 1. The molecule has 0 fully saturated rings. The molecule has 218 valence electrons. The number of allylic oxidation sites excluding steroid dienone is 10. The van der Waals surface area contributed by atoms with Gasteiger partial charge in [0.05, 0.1) is 13.2 Å². The van der Waals surface area contributed by atoms with E-state index in [0.717, 1.165) is 56.2 Å². The quantitative estimate of drug-likeness (QED) is 0.121. The number of amides is 2. The summed E-state index contributed by atoms with van der Waals surface area (Å²) in [5, 5.41) is 5.69. The van der Waals surface area contributed by atoms with Gasteiger partial charge in [-0.3, -0.25) is 14.6 Å². The lowest BCUT2D eigenvalue weighted by atomic mass is 10.2. The zero-order valence-corrected chi connectivity index (χ0v) is 24.5. The van der Waals surface area contributed by atoms with Crippen molar-refractivity contribution in [2.24, 2.45) is 0 Å². The van der Waals surface area contributed by atoms with Gasteiger partial charge >= 0.3 is 0 Å². The molecule has 0 aliphatic carbocycles. The second-order valence-electron chi connectivity index (χ2n) is 9.25. The minimum absolute atomic E-state index is 0.0415. The first-order valence-electron chi connectivity index (χ1n) is 14.6. The summed E-state index contributed by atoms with van der Waals surface area (Å²) >= 11 is 0. The molecule has 1 aromatic heterocycles. The predicted molar refractivity (Wildman–Crippen MR) is 168 cm³/mol. The molecule has 2 N–H and O–H groups in total. The number of nitrogens with zero attached hydrogens (tertiary/aromatic N) is 1. The molecule has 0 unspecified atom stereocenters. The number of aromatic nitrogens is 1. The molecule has 0 radical (unpaired) electrons. The Morgan fingerprint density at radius 1 is 0.775 bits per heavy atom. The Kier molecular flexibility index (Phi) is 22.2. The Morgan fingerprint density at radius 2 is 1.35 bits per heavy atom. The summed E-state index contributed by atoms with van der Waals surface area (Å²) in [7, 11) is 0. The van der Waals surface area contributed by atoms with E-state index in [1.54, 1.807) is 6.20 Å². The summed E-state index contributed by atoms with van der Waals surface area (Å²) in [6.07, 6.45) is 34.8. The van der Waals surface area contributed by atoms with Gasteiger partial charge in [0.2, 0.25) is 11.8 Å². The summed E-state index contributed by atoms with van der Waals surface area (Å²) in [5.74, 6) is -0.0134. The number of aryl methyl sites for hydroxylation is 1. The number of hydrogen-bond donors (Lipinski definition) is 2. The van der Waals surface area contributed by atoms with Crippen molar-refractivity contribution in [2.75, 3.05) is 26.3 Å². The number of rotatable bonds is 22. The molecular formula is C34H49N3O3. The lowest BCUT2D eigenvalue weighted by molar-refractivity contribution is -0.121. The third-order valence-corrected chi connectivity index (χ3v) is 5.62. The second-order valence-corrected chi connectivity index (χ2v) is 9.25. The van der Waals surface area contributed by atoms with Crippen LogP contribution >= 0.6 is 0 Å². The summed E-state index contributed by atoms with van der Waals surface area (Å²) < 4.78 is 5.48. The minimum atomic E-state index is -0.0549. The van der Waals surface area contributed by atoms with Crippen molar-refractivity contribution in [3.63, 3.8) is 0 Å². The van der Waals surface area contributed by atoms with Gasteiger partial charge in [0.25, 0.3) is 0 Å². The molecule has 1 rings (SSSR count). The molecule has 1 aromatic rings. The van der Waals surface area contributed by atoms with Gasteiger partial charge < -0.3 is 15.4 Å². The number of pyridine rings is 1. The zero-order valence-electron chi connectivity index (χ0n) is 24.5. The fourth-order valence-corrected chi connectivity index (χ4v) is 3.42. The van der Waals surface area contributed by atoms with Crippen molar-refractivity contribution in [2.45, 2.75) is 71.6 Å². The molecule has 0 aliphatic heterocycles. The maximum absolute atomic E-state index is 11.9. The van der Waals surface area contributed by atoms with Gasteiger partial charge in [0.1, 0.15) is 0 Å². The van der Waals surface area contributed by atoms with Gasteiger partial charge in [-0.05, 0) is 63.5 Å². The molecule has 1 heterocycles. The van der Waals surface area contributed by atoms with Crippen molar-refractivity contribution in [3.8, 4) is 0 Å². The van der Waals surface area contributed by atoms with Gasteiger partial charge in [0, 0.05) is 37.8 Å². The van der Waals surface area contributed by atoms with Crippen LogP contribution in [0.3, 0.4) is 0 Å². The fourth-order valence-electron chi connectivity index (χ4n) is 3.42. The third-order valence-electron chi connectivity index (χ3n) is 5.62. The lowest BCUT2D eigenvalue weighted by Gasteiger charge is -2.07. The van der Waals surface area contributed by atoms with Gasteiger partial charge in [-0.1, -0.05) is 85.9 Å². The summed E-state index contributed by atoms with van der Waals surface area (Å²) in [6, 6.07) is 3.91. The van der Waals surface area contributed by atoms with Crippen molar-refractivity contribution >= 4 is 17.9 Å². The van der Waals surface area contributed by atoms with Crippen LogP contribution in [0.1, 0.15) is 76.0 Å². The van der Waals surface area contributed by atoms with E-state index >= 15 is 0 Å². The van der Waals surface area contributed by atoms with Crippen LogP contribution in [0.2, 0.25) is 0 Å². The normalized spacial score (nSPS) is 12.2. The summed E-state index contributed by atoms with van der Waals surface area (Å²) in [4.78, 5) is 28.0. The van der Waals surface area contributed by atoms with Crippen molar-refractivity contribution < 1.29 is 14.3 Å². The average molecular weight is 548 g/mol. The van der Waals surface area contributed by atoms with E-state index in [4.69, 9.17) is 4.74 Å². The highest BCUT2D eigenvalue weighted by atomic mass is 16.5. The van der Waals surface area contributed by atoms with E-state index in [1.165, 1.54) is 0 Å². The highest BCUT2D eigenvalue weighted by molar-refractivity contribution is 5.78. The largest absolute Gasteiger partial charge is 0.378 e. The summed E-state index contributed by atoms with van der Waals surface area (Å²) in [6.45, 7) is 5.84. The van der Waals surface area contributed by atoms with Gasteiger partial charge in [-0.2, -0.15) is 0 Å². The van der Waals surface area contributed by atoms with E-state index in [-0.39, 0.29) is 11.8 Å². The number of hydrogen-bond acceptors (Lipinski definition) is 4. The molecule has 0 aromatic carbocycles. The lowest BCUT2D eigenvalue weighted by Crippen LogP contribution is -2.29. The molecule has 0 atom stereocenters. The first-order valence-corrected chi connectivity index (χ1v) is 14.6. The molecule has 0 bridgehead atoms. The Hall–Kier alpha value is -3.51. The van der Waals surface area contributed by atoms with Crippen LogP contribution < -0.4 is 10.6 Å². The van der Waals surface area contributed by atoms with Crippen molar-refractivity contribution in [1.29, 1.82) is 0 Å². The van der Waals surface area contributed by atoms with Gasteiger partial charge in [0.15, 0.2) is 0 Å². The minimum Gasteiger partial charge on any atom is -0.378 e. The smallest absolute Gasteiger partial charge is 0.223 e. The van der Waals surface area contributed by atoms with Crippen LogP contribution in [0.5, 0.6) is 0 Å². The Morgan fingerprint density at radius 3 is 1.93 bits per heavy atom. The molecule has 0 aliphatic rings. The Labute approximate surface area is 242 Å². The fraction of sp³-hybridized carbons (Fsp3) is 0.441. The first-order chi connectivity index (χ1) is 19.6. The number of unbranched alkanes of at least 4 members (excludes halogenated alkanes) is 1. The van der Waals surface area contributed by atoms with Crippen LogP contribution in [-0.4, -0.2) is 43.1 Å². The number of nitrogens with one attached hydrogen (secondary N) is 2. The van der Waals surface area contributed by atoms with Crippen molar-refractivity contribution in [1.82, 2.24) is 15.6 Å². The van der Waals surface area contributed by atoms with Gasteiger partial charge in [-0.15, -0.1) is 0 Å². The zero-order chi connectivity index (χ0) is 28.9. The predicted octanol–water partition coefficient (Wildman–Crippen LogP) is 6.96. The van der Waals surface area contributed by atoms with Crippen LogP contribution in [0, 0.1) is 6.92 Å². The molecule has 0 saturated heterocycles. The van der Waals surface area contributed by atoms with Crippen LogP contribution in [-0.2, 0) is 14.3 Å². The molecule has 6 heteroatoms. The molecule has 40 heavy (non-hydrogen) atoms. The Bertz CT molecular complexity index is 973. The van der Waals surface area contributed by atoms with E-state index in [9.17, 15) is 9.59 Å². The number of carbonyl (C=O) groups excluding carboxylic acids is 2. The van der Waals surface area contributed by atoms with Crippen molar-refractivity contribution in [3.05, 3.63) is 96.4 Å². The molecule has 0 spiro atoms. The molecule has 0 saturated carbocycles. The second kappa shape index (κ2) is 25.8. The van der Waals surface area contributed by atoms with Crippen LogP contribution in [0.15, 0.2) is 85.2 Å². The molecular weight excluding hydrogens is 498 g/mol. The van der Waals surface area contributed by atoms with Crippen LogP contribution in [0.25, 0.3) is 6.08 Å². The monoisotopic (exact) mass is 547 g/mol. The Balaban J connectivity index is 1.90. The third kappa shape index (κ3) is 22.5. The summed E-state index contributed by atoms with van der Waals surface area (Å²) in [5.41, 5.74) is 1.93. The van der Waals surface area contributed by atoms with E-state index in [1.807, 2.05) is 31.2 Å². The van der Waals surface area contributed by atoms with E-state index < -0.39 is 0 Å². The van der Waals surface area contributed by atoms with E-state index in [2.05, 4.69) is 83.3 Å². The molecule has 6 nitrogen and oxygen atoms in total. The highest BCUT2D eigenvalue weighted by Crippen LogP contribution is 2.02. The maximum atomic E-state index is 11.9. The topological polar surface area (TPSA) is 80.3 Å². The highest BCUT2D eigenvalue weighted by Gasteiger charge is 2.00. The van der Waals surface area contributed by atoms with Gasteiger partial charge in [-0.25, -0.2) is 0 Å². The maximum Gasteiger partial charge on any atom is 0.223 e. The average Bonchev–Trinajstić information content (AvgIpc) is 2.95. The van der Waals surface area contributed by atoms with E-state index in [0.29, 0.717) is 39.1 Å². The SMILES string of the molecule is CC/C=C\C/C=C\C/C=C\C/C=C\C/C=C\CCCC(=O)NCCOCCNC(=O)C/C=C/c1ccc(C)nc1. The standard InChI is InChI=1S/C34H49N3O3/c1-3-4-5-6-7-8-9-10-11-12-13-14-15-16-17-18-19-22-33(38)35-26-28-40-29-27-36-34(39)23-20-21-32-25-24-31(2)37-30-32/h4-5,7-8,10-11,13-14,16-17,20-21,24-25,30H,3,6,9,12,15,18-19,22-23,26-29H2,1-2H3,(H,35,38)(H,36,39)/b5-4-,8-7-,11-10-,14-13-,17-16-,21-20+. The molecule has 2 amide bonds. The van der Waals surface area contributed by atoms with Crippen LogP contribution in [0.4, 0.5) is 0 Å². The number of carbonyl (C=O) groups is 2. The first kappa shape index (κ1) is 34.5.